The standard InChI is InChI=1S/C17H16ClNO/c18-13-4-2-1-3-11(13)12(8-19)17(20)16-14-9-5-6-10(7-9)15(14)16/h1-4,9-10,12,14-16H,5-7H2. The van der Waals surface area contributed by atoms with Crippen LogP contribution in [0.25, 0.3) is 0 Å². The number of nitriles is 1. The van der Waals surface area contributed by atoms with E-state index in [1.54, 1.807) is 12.1 Å². The molecule has 0 aromatic heterocycles. The molecule has 1 aromatic carbocycles. The molecule has 2 nitrogen and oxygen atoms in total. The highest BCUT2D eigenvalue weighted by atomic mass is 35.5. The van der Waals surface area contributed by atoms with Gasteiger partial charge < -0.3 is 0 Å². The predicted molar refractivity (Wildman–Crippen MR) is 76.1 cm³/mol. The molecule has 3 heteroatoms. The minimum atomic E-state index is -0.682. The average Bonchev–Trinajstić information content (AvgIpc) is 2.89. The Hall–Kier alpha value is -1.33. The van der Waals surface area contributed by atoms with Gasteiger partial charge in [-0.25, -0.2) is 0 Å². The predicted octanol–water partition coefficient (Wildman–Crippen LogP) is 3.81. The maximum atomic E-state index is 12.7. The van der Waals surface area contributed by atoms with E-state index >= 15 is 0 Å². The molecular weight excluding hydrogens is 270 g/mol. The van der Waals surface area contributed by atoms with Crippen LogP contribution in [0.2, 0.25) is 5.02 Å². The summed E-state index contributed by atoms with van der Waals surface area (Å²) < 4.78 is 0. The average molecular weight is 286 g/mol. The van der Waals surface area contributed by atoms with E-state index in [0.717, 1.165) is 11.8 Å². The Kier molecular flexibility index (Phi) is 2.69. The van der Waals surface area contributed by atoms with Gasteiger partial charge in [0.05, 0.1) is 6.07 Å². The van der Waals surface area contributed by atoms with Gasteiger partial charge >= 0.3 is 0 Å². The second-order valence-corrected chi connectivity index (χ2v) is 6.91. The van der Waals surface area contributed by atoms with E-state index < -0.39 is 5.92 Å². The third-order valence-corrected chi connectivity index (χ3v) is 6.04. The van der Waals surface area contributed by atoms with Gasteiger partial charge in [-0.15, -0.1) is 0 Å². The number of carbonyl (C=O) groups is 1. The van der Waals surface area contributed by atoms with Crippen molar-refractivity contribution in [2.75, 3.05) is 0 Å². The van der Waals surface area contributed by atoms with Crippen molar-refractivity contribution in [3.63, 3.8) is 0 Å². The van der Waals surface area contributed by atoms with Crippen molar-refractivity contribution in [3.05, 3.63) is 34.9 Å². The maximum Gasteiger partial charge on any atom is 0.158 e. The topological polar surface area (TPSA) is 40.9 Å². The van der Waals surface area contributed by atoms with E-state index in [1.807, 2.05) is 12.1 Å². The molecule has 0 aliphatic heterocycles. The molecule has 3 aliphatic rings. The first-order chi connectivity index (χ1) is 9.72. The van der Waals surface area contributed by atoms with Crippen molar-refractivity contribution in [2.45, 2.75) is 25.2 Å². The Labute approximate surface area is 123 Å². The number of nitrogens with zero attached hydrogens (tertiary/aromatic N) is 1. The summed E-state index contributed by atoms with van der Waals surface area (Å²) in [4.78, 5) is 12.7. The quantitative estimate of drug-likeness (QED) is 0.847. The Morgan fingerprint density at radius 1 is 1.25 bits per heavy atom. The number of benzene rings is 1. The number of hydrogen-bond acceptors (Lipinski definition) is 2. The summed E-state index contributed by atoms with van der Waals surface area (Å²) in [6.45, 7) is 0. The molecule has 3 saturated carbocycles. The monoisotopic (exact) mass is 285 g/mol. The molecule has 0 N–H and O–H groups in total. The molecule has 3 fully saturated rings. The van der Waals surface area contributed by atoms with Crippen LogP contribution in [0.4, 0.5) is 0 Å². The van der Waals surface area contributed by atoms with Crippen LogP contribution >= 0.6 is 11.6 Å². The highest BCUT2D eigenvalue weighted by Crippen LogP contribution is 2.70. The van der Waals surface area contributed by atoms with Gasteiger partial charge in [-0.1, -0.05) is 29.8 Å². The molecule has 2 bridgehead atoms. The second kappa shape index (κ2) is 4.33. The Morgan fingerprint density at radius 3 is 2.50 bits per heavy atom. The van der Waals surface area contributed by atoms with Crippen LogP contribution < -0.4 is 0 Å². The van der Waals surface area contributed by atoms with Crippen LogP contribution in [0.3, 0.4) is 0 Å². The number of hydrogen-bond donors (Lipinski definition) is 0. The summed E-state index contributed by atoms with van der Waals surface area (Å²) >= 11 is 6.15. The lowest BCUT2D eigenvalue weighted by molar-refractivity contribution is -0.121. The fraction of sp³-hybridized carbons (Fsp3) is 0.529. The number of rotatable bonds is 3. The molecule has 0 spiro atoms. The summed E-state index contributed by atoms with van der Waals surface area (Å²) in [6, 6.07) is 9.42. The highest BCUT2D eigenvalue weighted by molar-refractivity contribution is 6.31. The normalized spacial score (nSPS) is 38.1. The Morgan fingerprint density at radius 2 is 1.90 bits per heavy atom. The van der Waals surface area contributed by atoms with Crippen molar-refractivity contribution in [1.82, 2.24) is 0 Å². The zero-order valence-electron chi connectivity index (χ0n) is 11.1. The smallest absolute Gasteiger partial charge is 0.158 e. The molecule has 0 radical (unpaired) electrons. The summed E-state index contributed by atoms with van der Waals surface area (Å²) in [5, 5.41) is 9.96. The molecule has 5 atom stereocenters. The lowest BCUT2D eigenvalue weighted by atomic mass is 9.89. The van der Waals surface area contributed by atoms with Gasteiger partial charge in [0.25, 0.3) is 0 Å². The van der Waals surface area contributed by atoms with Crippen LogP contribution in [0.5, 0.6) is 0 Å². The van der Waals surface area contributed by atoms with E-state index in [0.29, 0.717) is 22.4 Å². The number of carbonyl (C=O) groups excluding carboxylic acids is 1. The first kappa shape index (κ1) is 12.4. The molecule has 20 heavy (non-hydrogen) atoms. The van der Waals surface area contributed by atoms with Crippen molar-refractivity contribution >= 4 is 17.4 Å². The van der Waals surface area contributed by atoms with Crippen LogP contribution in [0, 0.1) is 40.9 Å². The van der Waals surface area contributed by atoms with E-state index in [1.165, 1.54) is 19.3 Å². The van der Waals surface area contributed by atoms with Crippen LogP contribution in [0.15, 0.2) is 24.3 Å². The van der Waals surface area contributed by atoms with E-state index in [2.05, 4.69) is 6.07 Å². The molecule has 0 amide bonds. The van der Waals surface area contributed by atoms with Gasteiger partial charge in [-0.05, 0) is 54.6 Å². The van der Waals surface area contributed by atoms with Gasteiger partial charge in [0.15, 0.2) is 5.78 Å². The van der Waals surface area contributed by atoms with E-state index in [9.17, 15) is 10.1 Å². The molecule has 3 aliphatic carbocycles. The third kappa shape index (κ3) is 1.59. The fourth-order valence-electron chi connectivity index (χ4n) is 4.89. The molecule has 5 unspecified atom stereocenters. The summed E-state index contributed by atoms with van der Waals surface area (Å²) in [5.74, 6) is 2.25. The Bertz CT molecular complexity index is 604. The van der Waals surface area contributed by atoms with Gasteiger partial charge in [0, 0.05) is 10.9 Å². The van der Waals surface area contributed by atoms with Crippen molar-refractivity contribution in [1.29, 1.82) is 5.26 Å². The lowest BCUT2D eigenvalue weighted by Crippen LogP contribution is -2.17. The Balaban J connectivity index is 1.60. The van der Waals surface area contributed by atoms with Crippen LogP contribution in [0.1, 0.15) is 30.7 Å². The summed E-state index contributed by atoms with van der Waals surface area (Å²) in [5.41, 5.74) is 0.680. The SMILES string of the molecule is N#CC(C(=O)C1C2C3CCC(C3)C12)c1ccccc1Cl. The molecule has 102 valence electrons. The molecule has 4 rings (SSSR count). The minimum absolute atomic E-state index is 0.118. The number of halogens is 1. The maximum absolute atomic E-state index is 12.7. The van der Waals surface area contributed by atoms with Crippen LogP contribution in [-0.4, -0.2) is 5.78 Å². The van der Waals surface area contributed by atoms with Gasteiger partial charge in [0.2, 0.25) is 0 Å². The highest BCUT2D eigenvalue weighted by Gasteiger charge is 2.67. The fourth-order valence-corrected chi connectivity index (χ4v) is 5.14. The number of ketones is 1. The van der Waals surface area contributed by atoms with Gasteiger partial charge in [-0.2, -0.15) is 5.26 Å². The first-order valence-corrected chi connectivity index (χ1v) is 7.78. The van der Waals surface area contributed by atoms with Crippen molar-refractivity contribution in [3.8, 4) is 6.07 Å². The zero-order valence-corrected chi connectivity index (χ0v) is 11.9. The largest absolute Gasteiger partial charge is 0.298 e. The van der Waals surface area contributed by atoms with Crippen LogP contribution in [-0.2, 0) is 4.79 Å². The van der Waals surface area contributed by atoms with Gasteiger partial charge in [-0.3, -0.25) is 4.79 Å². The molecular formula is C17H16ClNO. The first-order valence-electron chi connectivity index (χ1n) is 7.40. The zero-order chi connectivity index (χ0) is 13.9. The van der Waals surface area contributed by atoms with E-state index in [4.69, 9.17) is 11.6 Å². The lowest BCUT2D eigenvalue weighted by Gasteiger charge is -2.13. The van der Waals surface area contributed by atoms with Crippen molar-refractivity contribution < 1.29 is 4.79 Å². The van der Waals surface area contributed by atoms with E-state index in [-0.39, 0.29) is 11.7 Å². The minimum Gasteiger partial charge on any atom is -0.298 e. The summed E-state index contributed by atoms with van der Waals surface area (Å²) in [6.07, 6.45) is 3.90. The number of Topliss-reactive ketones (excluding diaryl/α,β-unsaturated/α-hetero) is 1. The molecule has 1 aromatic rings. The number of fused-ring (bicyclic) bond motifs is 5. The second-order valence-electron chi connectivity index (χ2n) is 6.50. The molecule has 0 saturated heterocycles. The van der Waals surface area contributed by atoms with Gasteiger partial charge in [0.1, 0.15) is 5.92 Å². The molecule has 0 heterocycles. The third-order valence-electron chi connectivity index (χ3n) is 5.69. The van der Waals surface area contributed by atoms with Crippen molar-refractivity contribution in [2.24, 2.45) is 29.6 Å². The summed E-state index contributed by atoms with van der Waals surface area (Å²) in [7, 11) is 0.